The van der Waals surface area contributed by atoms with Gasteiger partial charge in [-0.25, -0.2) is 0 Å². The maximum atomic E-state index is 5.85. The summed E-state index contributed by atoms with van der Waals surface area (Å²) in [6.07, 6.45) is 4.12. The fourth-order valence-corrected chi connectivity index (χ4v) is 2.64. The molecular weight excluding hydrogens is 254 g/mol. The van der Waals surface area contributed by atoms with Crippen LogP contribution in [0.2, 0.25) is 0 Å². The van der Waals surface area contributed by atoms with Crippen molar-refractivity contribution in [1.82, 2.24) is 4.98 Å². The fraction of sp³-hybridized carbons (Fsp3) is 0.125. The third-order valence-corrected chi connectivity index (χ3v) is 3.86. The Morgan fingerprint density at radius 1 is 1.11 bits per heavy atom. The minimum Gasteiger partial charge on any atom is -0.489 e. The van der Waals surface area contributed by atoms with Crippen LogP contribution in [0.1, 0.15) is 5.56 Å². The van der Waals surface area contributed by atoms with E-state index in [-0.39, 0.29) is 0 Å². The van der Waals surface area contributed by atoms with E-state index in [2.05, 4.69) is 35.5 Å². The van der Waals surface area contributed by atoms with Crippen molar-refractivity contribution < 1.29 is 4.74 Å². The van der Waals surface area contributed by atoms with Crippen LogP contribution in [0.4, 0.5) is 0 Å². The molecule has 3 heteroatoms. The van der Waals surface area contributed by atoms with Crippen LogP contribution < -0.4 is 4.74 Å². The van der Waals surface area contributed by atoms with Gasteiger partial charge in [-0.05, 0) is 30.0 Å². The second kappa shape index (κ2) is 5.41. The lowest BCUT2D eigenvalue weighted by molar-refractivity contribution is 0.306. The van der Waals surface area contributed by atoms with E-state index in [0.29, 0.717) is 6.61 Å². The first-order valence-electron chi connectivity index (χ1n) is 6.18. The van der Waals surface area contributed by atoms with Crippen molar-refractivity contribution in [3.05, 3.63) is 60.3 Å². The standard InChI is InChI=1S/C16H15NOS/c1-19-16-10-17-15-8-7-13(9-14(15)16)18-11-12-5-3-2-4-6-12/h2-10,17H,11H2,1H3. The van der Waals surface area contributed by atoms with Crippen LogP contribution in [0, 0.1) is 0 Å². The Balaban J connectivity index is 1.81. The number of aromatic amines is 1. The molecule has 1 heterocycles. The molecule has 0 aliphatic rings. The quantitative estimate of drug-likeness (QED) is 0.707. The number of fused-ring (bicyclic) bond motifs is 1. The molecule has 3 aromatic rings. The van der Waals surface area contributed by atoms with Crippen molar-refractivity contribution in [1.29, 1.82) is 0 Å². The molecule has 0 radical (unpaired) electrons. The SMILES string of the molecule is CSc1c[nH]c2ccc(OCc3ccccc3)cc12. The second-order valence-electron chi connectivity index (χ2n) is 4.34. The van der Waals surface area contributed by atoms with E-state index in [1.54, 1.807) is 11.8 Å². The Kier molecular flexibility index (Phi) is 3.47. The van der Waals surface area contributed by atoms with Crippen LogP contribution in [-0.4, -0.2) is 11.2 Å². The van der Waals surface area contributed by atoms with E-state index in [9.17, 15) is 0 Å². The van der Waals surface area contributed by atoms with E-state index >= 15 is 0 Å². The van der Waals surface area contributed by atoms with Crippen molar-refractivity contribution in [2.24, 2.45) is 0 Å². The average Bonchev–Trinajstić information content (AvgIpc) is 2.88. The molecule has 0 aliphatic carbocycles. The number of rotatable bonds is 4. The molecule has 0 atom stereocenters. The van der Waals surface area contributed by atoms with Crippen LogP contribution in [0.25, 0.3) is 10.9 Å². The molecule has 0 fully saturated rings. The van der Waals surface area contributed by atoms with E-state index in [1.807, 2.05) is 30.5 Å². The molecule has 0 bridgehead atoms. The molecule has 0 unspecified atom stereocenters. The topological polar surface area (TPSA) is 25.0 Å². The van der Waals surface area contributed by atoms with Gasteiger partial charge in [-0.15, -0.1) is 11.8 Å². The number of benzene rings is 2. The summed E-state index contributed by atoms with van der Waals surface area (Å²) in [6, 6.07) is 16.4. The van der Waals surface area contributed by atoms with Gasteiger partial charge in [0.1, 0.15) is 12.4 Å². The van der Waals surface area contributed by atoms with Gasteiger partial charge in [0.25, 0.3) is 0 Å². The van der Waals surface area contributed by atoms with Crippen LogP contribution in [0.5, 0.6) is 5.75 Å². The summed E-state index contributed by atoms with van der Waals surface area (Å²) in [5.74, 6) is 0.909. The maximum Gasteiger partial charge on any atom is 0.120 e. The third kappa shape index (κ3) is 2.61. The van der Waals surface area contributed by atoms with Gasteiger partial charge in [-0.2, -0.15) is 0 Å². The van der Waals surface area contributed by atoms with E-state index in [4.69, 9.17) is 4.74 Å². The zero-order chi connectivity index (χ0) is 13.1. The first-order valence-corrected chi connectivity index (χ1v) is 7.41. The summed E-state index contributed by atoms with van der Waals surface area (Å²) in [5, 5.41) is 1.22. The molecule has 1 N–H and O–H groups in total. The lowest BCUT2D eigenvalue weighted by Crippen LogP contribution is -1.94. The molecule has 19 heavy (non-hydrogen) atoms. The Hall–Kier alpha value is -1.87. The summed E-state index contributed by atoms with van der Waals surface area (Å²) in [5.41, 5.74) is 2.33. The molecular formula is C16H15NOS. The van der Waals surface area contributed by atoms with Gasteiger partial charge < -0.3 is 9.72 Å². The fourth-order valence-electron chi connectivity index (χ4n) is 2.07. The summed E-state index contributed by atoms with van der Waals surface area (Å²) in [7, 11) is 0. The van der Waals surface area contributed by atoms with Gasteiger partial charge >= 0.3 is 0 Å². The van der Waals surface area contributed by atoms with Crippen LogP contribution in [0.3, 0.4) is 0 Å². The monoisotopic (exact) mass is 269 g/mol. The van der Waals surface area contributed by atoms with Crippen molar-refractivity contribution >= 4 is 22.7 Å². The maximum absolute atomic E-state index is 5.85. The highest BCUT2D eigenvalue weighted by Crippen LogP contribution is 2.29. The van der Waals surface area contributed by atoms with Crippen molar-refractivity contribution in [2.45, 2.75) is 11.5 Å². The van der Waals surface area contributed by atoms with E-state index in [0.717, 1.165) is 11.3 Å². The van der Waals surface area contributed by atoms with Crippen LogP contribution >= 0.6 is 11.8 Å². The average molecular weight is 269 g/mol. The lowest BCUT2D eigenvalue weighted by atomic mass is 10.2. The predicted molar refractivity (Wildman–Crippen MR) is 80.9 cm³/mol. The van der Waals surface area contributed by atoms with Gasteiger partial charge in [0.15, 0.2) is 0 Å². The zero-order valence-corrected chi connectivity index (χ0v) is 11.5. The van der Waals surface area contributed by atoms with E-state index < -0.39 is 0 Å². The van der Waals surface area contributed by atoms with Crippen molar-refractivity contribution in [3.8, 4) is 5.75 Å². The normalized spacial score (nSPS) is 10.8. The van der Waals surface area contributed by atoms with Gasteiger partial charge in [0.2, 0.25) is 0 Å². The van der Waals surface area contributed by atoms with Gasteiger partial charge in [0, 0.05) is 22.0 Å². The van der Waals surface area contributed by atoms with Crippen molar-refractivity contribution in [2.75, 3.05) is 6.26 Å². The molecule has 1 aromatic heterocycles. The van der Waals surface area contributed by atoms with Crippen LogP contribution in [0.15, 0.2) is 59.6 Å². The molecule has 3 rings (SSSR count). The smallest absolute Gasteiger partial charge is 0.120 e. The number of ether oxygens (including phenoxy) is 1. The lowest BCUT2D eigenvalue weighted by Gasteiger charge is -2.06. The Morgan fingerprint density at radius 2 is 1.95 bits per heavy atom. The van der Waals surface area contributed by atoms with Crippen LogP contribution in [-0.2, 0) is 6.61 Å². The molecule has 0 amide bonds. The second-order valence-corrected chi connectivity index (χ2v) is 5.19. The zero-order valence-electron chi connectivity index (χ0n) is 10.7. The first kappa shape index (κ1) is 12.2. The number of nitrogens with one attached hydrogen (secondary N) is 1. The van der Waals surface area contributed by atoms with Gasteiger partial charge in [-0.1, -0.05) is 30.3 Å². The highest BCUT2D eigenvalue weighted by atomic mass is 32.2. The predicted octanol–water partition coefficient (Wildman–Crippen LogP) is 4.47. The Bertz CT molecular complexity index is 676. The number of hydrogen-bond acceptors (Lipinski definition) is 2. The Morgan fingerprint density at radius 3 is 2.74 bits per heavy atom. The molecule has 0 spiro atoms. The highest BCUT2D eigenvalue weighted by Gasteiger charge is 2.04. The number of hydrogen-bond donors (Lipinski definition) is 1. The highest BCUT2D eigenvalue weighted by molar-refractivity contribution is 7.98. The third-order valence-electron chi connectivity index (χ3n) is 3.08. The summed E-state index contributed by atoms with van der Waals surface area (Å²) in [6.45, 7) is 0.603. The molecule has 0 saturated carbocycles. The summed E-state index contributed by atoms with van der Waals surface area (Å²) < 4.78 is 5.85. The van der Waals surface area contributed by atoms with Gasteiger partial charge in [0.05, 0.1) is 0 Å². The van der Waals surface area contributed by atoms with Gasteiger partial charge in [-0.3, -0.25) is 0 Å². The number of aromatic nitrogens is 1. The number of thioether (sulfide) groups is 1. The first-order chi connectivity index (χ1) is 9.36. The minimum absolute atomic E-state index is 0.603. The molecule has 2 aromatic carbocycles. The summed E-state index contributed by atoms with van der Waals surface area (Å²) >= 11 is 1.74. The number of H-pyrrole nitrogens is 1. The molecule has 0 aliphatic heterocycles. The molecule has 2 nitrogen and oxygen atoms in total. The van der Waals surface area contributed by atoms with E-state index in [1.165, 1.54) is 15.8 Å². The largest absolute Gasteiger partial charge is 0.489 e. The molecule has 0 saturated heterocycles. The van der Waals surface area contributed by atoms with Crippen molar-refractivity contribution in [3.63, 3.8) is 0 Å². The summed E-state index contributed by atoms with van der Waals surface area (Å²) in [4.78, 5) is 4.51. The Labute approximate surface area is 116 Å². The minimum atomic E-state index is 0.603. The molecule has 96 valence electrons.